The lowest BCUT2D eigenvalue weighted by Crippen LogP contribution is -2.42. The van der Waals surface area contributed by atoms with Gasteiger partial charge in [-0.2, -0.15) is 0 Å². The van der Waals surface area contributed by atoms with E-state index in [1.54, 1.807) is 12.1 Å². The van der Waals surface area contributed by atoms with Crippen molar-refractivity contribution in [1.29, 1.82) is 0 Å². The molecular formula is C18H33IN4O2S. The van der Waals surface area contributed by atoms with Crippen molar-refractivity contribution in [3.8, 4) is 0 Å². The van der Waals surface area contributed by atoms with Crippen LogP contribution in [-0.2, 0) is 16.6 Å². The van der Waals surface area contributed by atoms with E-state index in [1.807, 2.05) is 13.0 Å². The Bertz CT molecular complexity index is 650. The first-order chi connectivity index (χ1) is 11.9. The van der Waals surface area contributed by atoms with Gasteiger partial charge in [0, 0.05) is 12.6 Å². The van der Waals surface area contributed by atoms with Crippen LogP contribution in [0.15, 0.2) is 34.2 Å². The molecule has 0 aliphatic carbocycles. The van der Waals surface area contributed by atoms with Gasteiger partial charge in [0.25, 0.3) is 0 Å². The molecular weight excluding hydrogens is 463 g/mol. The maximum Gasteiger partial charge on any atom is 0.238 e. The third-order valence-corrected chi connectivity index (χ3v) is 4.78. The van der Waals surface area contributed by atoms with Crippen LogP contribution in [0.3, 0.4) is 0 Å². The summed E-state index contributed by atoms with van der Waals surface area (Å²) in [5, 5.41) is 11.8. The highest BCUT2D eigenvalue weighted by Gasteiger charge is 2.08. The van der Waals surface area contributed by atoms with Crippen molar-refractivity contribution in [2.75, 3.05) is 6.54 Å². The van der Waals surface area contributed by atoms with Crippen molar-refractivity contribution in [2.24, 2.45) is 10.1 Å². The minimum Gasteiger partial charge on any atom is -0.357 e. The van der Waals surface area contributed by atoms with Gasteiger partial charge in [0.2, 0.25) is 10.0 Å². The number of nitrogens with zero attached hydrogens (tertiary/aromatic N) is 1. The number of nitrogens with two attached hydrogens (primary N) is 1. The summed E-state index contributed by atoms with van der Waals surface area (Å²) in [7, 11) is -3.69. The lowest BCUT2D eigenvalue weighted by Gasteiger charge is -2.17. The fraction of sp³-hybridized carbons (Fsp3) is 0.611. The molecule has 0 radical (unpaired) electrons. The molecule has 8 heteroatoms. The Morgan fingerprint density at radius 2 is 1.96 bits per heavy atom. The molecule has 1 rings (SSSR count). The van der Waals surface area contributed by atoms with Crippen molar-refractivity contribution in [3.05, 3.63) is 29.8 Å². The topological polar surface area (TPSA) is 96.6 Å². The molecule has 0 spiro atoms. The standard InChI is InChI=1S/C18H32N4O2S.HI/c1-4-6-7-8-10-15(3)22-18(20-5-2)21-14-16-11-9-12-17(13-16)25(19,23)24;/h9,11-13,15H,4-8,10,14H2,1-3H3,(H2,19,23,24)(H2,20,21,22);1H. The molecule has 0 aliphatic heterocycles. The monoisotopic (exact) mass is 496 g/mol. The van der Waals surface area contributed by atoms with Crippen LogP contribution in [0.25, 0.3) is 0 Å². The SMILES string of the molecule is CCCCCCC(C)NC(=NCc1cccc(S(N)(=O)=O)c1)NCC.I. The van der Waals surface area contributed by atoms with Crippen molar-refractivity contribution in [3.63, 3.8) is 0 Å². The molecule has 6 nitrogen and oxygen atoms in total. The van der Waals surface area contributed by atoms with Crippen molar-refractivity contribution in [2.45, 2.75) is 70.4 Å². The highest BCUT2D eigenvalue weighted by Crippen LogP contribution is 2.11. The summed E-state index contributed by atoms with van der Waals surface area (Å²) in [5.41, 5.74) is 0.805. The molecule has 1 aromatic rings. The fourth-order valence-corrected chi connectivity index (χ4v) is 3.08. The summed E-state index contributed by atoms with van der Waals surface area (Å²) in [6, 6.07) is 6.92. The molecule has 0 saturated carbocycles. The molecule has 0 amide bonds. The predicted molar refractivity (Wildman–Crippen MR) is 119 cm³/mol. The second-order valence-electron chi connectivity index (χ2n) is 6.28. The van der Waals surface area contributed by atoms with Gasteiger partial charge in [-0.3, -0.25) is 0 Å². The number of hydrogen-bond donors (Lipinski definition) is 3. The number of guanidine groups is 1. The molecule has 26 heavy (non-hydrogen) atoms. The van der Waals surface area contributed by atoms with E-state index in [0.29, 0.717) is 12.6 Å². The van der Waals surface area contributed by atoms with E-state index >= 15 is 0 Å². The van der Waals surface area contributed by atoms with Gasteiger partial charge in [-0.1, -0.05) is 44.7 Å². The molecule has 1 unspecified atom stereocenters. The minimum atomic E-state index is -3.69. The first-order valence-corrected chi connectivity index (χ1v) is 10.6. The number of primary sulfonamides is 1. The second-order valence-corrected chi connectivity index (χ2v) is 7.84. The van der Waals surface area contributed by atoms with Crippen LogP contribution in [-0.4, -0.2) is 27.0 Å². The molecule has 0 saturated heterocycles. The summed E-state index contributed by atoms with van der Waals surface area (Å²) in [4.78, 5) is 4.66. The number of halogens is 1. The average Bonchev–Trinajstić information content (AvgIpc) is 2.56. The summed E-state index contributed by atoms with van der Waals surface area (Å²) in [5.74, 6) is 0.742. The van der Waals surface area contributed by atoms with E-state index < -0.39 is 10.0 Å². The molecule has 0 aromatic heterocycles. The van der Waals surface area contributed by atoms with Crippen LogP contribution < -0.4 is 15.8 Å². The zero-order valence-electron chi connectivity index (χ0n) is 16.0. The Morgan fingerprint density at radius 3 is 2.58 bits per heavy atom. The van der Waals surface area contributed by atoms with E-state index in [-0.39, 0.29) is 28.9 Å². The third-order valence-electron chi connectivity index (χ3n) is 3.86. The van der Waals surface area contributed by atoms with E-state index in [9.17, 15) is 8.42 Å². The predicted octanol–water partition coefficient (Wildman–Crippen LogP) is 3.37. The van der Waals surface area contributed by atoms with Gasteiger partial charge in [-0.25, -0.2) is 18.5 Å². The summed E-state index contributed by atoms with van der Waals surface area (Å²) in [6.45, 7) is 7.54. The number of rotatable bonds is 10. The molecule has 4 N–H and O–H groups in total. The Morgan fingerprint density at radius 1 is 1.23 bits per heavy atom. The van der Waals surface area contributed by atoms with Gasteiger partial charge in [0.15, 0.2) is 5.96 Å². The lowest BCUT2D eigenvalue weighted by molar-refractivity contribution is 0.537. The maximum atomic E-state index is 11.4. The van der Waals surface area contributed by atoms with E-state index in [0.717, 1.165) is 24.5 Å². The van der Waals surface area contributed by atoms with Gasteiger partial charge in [0.1, 0.15) is 0 Å². The highest BCUT2D eigenvalue weighted by atomic mass is 127. The van der Waals surface area contributed by atoms with Crippen LogP contribution in [0.2, 0.25) is 0 Å². The Labute approximate surface area is 175 Å². The summed E-state index contributed by atoms with van der Waals surface area (Å²) < 4.78 is 22.9. The third kappa shape index (κ3) is 10.3. The molecule has 0 heterocycles. The number of benzene rings is 1. The maximum absolute atomic E-state index is 11.4. The molecule has 1 aromatic carbocycles. The number of hydrogen-bond acceptors (Lipinski definition) is 3. The molecule has 0 bridgehead atoms. The first-order valence-electron chi connectivity index (χ1n) is 9.03. The zero-order valence-corrected chi connectivity index (χ0v) is 19.1. The van der Waals surface area contributed by atoms with Crippen molar-refractivity contribution in [1.82, 2.24) is 10.6 Å². The van der Waals surface area contributed by atoms with Crippen LogP contribution >= 0.6 is 24.0 Å². The quantitative estimate of drug-likeness (QED) is 0.200. The number of unbranched alkanes of at least 4 members (excludes halogenated alkanes) is 3. The van der Waals surface area contributed by atoms with Gasteiger partial charge in [-0.15, -0.1) is 24.0 Å². The highest BCUT2D eigenvalue weighted by molar-refractivity contribution is 14.0. The second kappa shape index (κ2) is 13.3. The van der Waals surface area contributed by atoms with E-state index in [4.69, 9.17) is 5.14 Å². The molecule has 150 valence electrons. The van der Waals surface area contributed by atoms with Crippen LogP contribution in [0, 0.1) is 0 Å². The van der Waals surface area contributed by atoms with Crippen LogP contribution in [0.4, 0.5) is 0 Å². The molecule has 0 fully saturated rings. The minimum absolute atomic E-state index is 0. The zero-order chi connectivity index (χ0) is 18.7. The first kappa shape index (κ1) is 25.1. The number of nitrogens with one attached hydrogen (secondary N) is 2. The largest absolute Gasteiger partial charge is 0.357 e. The smallest absolute Gasteiger partial charge is 0.238 e. The molecule has 0 aliphatic rings. The Balaban J connectivity index is 0.00000625. The van der Waals surface area contributed by atoms with Gasteiger partial charge in [0.05, 0.1) is 11.4 Å². The van der Waals surface area contributed by atoms with Crippen molar-refractivity contribution >= 4 is 40.0 Å². The van der Waals surface area contributed by atoms with Crippen molar-refractivity contribution < 1.29 is 8.42 Å². The fourth-order valence-electron chi connectivity index (χ4n) is 2.49. The van der Waals surface area contributed by atoms with Crippen LogP contribution in [0.5, 0.6) is 0 Å². The van der Waals surface area contributed by atoms with Gasteiger partial charge < -0.3 is 10.6 Å². The van der Waals surface area contributed by atoms with E-state index in [1.165, 1.54) is 31.7 Å². The van der Waals surface area contributed by atoms with Gasteiger partial charge >= 0.3 is 0 Å². The van der Waals surface area contributed by atoms with Crippen LogP contribution in [0.1, 0.15) is 58.4 Å². The average molecular weight is 496 g/mol. The Kier molecular flexibility index (Phi) is 12.9. The van der Waals surface area contributed by atoms with Gasteiger partial charge in [-0.05, 0) is 38.0 Å². The number of aliphatic imine (C=N–C) groups is 1. The summed E-state index contributed by atoms with van der Waals surface area (Å²) in [6.07, 6.45) is 6.09. The normalized spacial score (nSPS) is 13.0. The lowest BCUT2D eigenvalue weighted by atomic mass is 10.1. The Hall–Kier alpha value is -0.870. The number of sulfonamides is 1. The van der Waals surface area contributed by atoms with E-state index in [2.05, 4.69) is 29.5 Å². The summed E-state index contributed by atoms with van der Waals surface area (Å²) >= 11 is 0. The molecule has 1 atom stereocenters.